The molecule has 0 radical (unpaired) electrons. The minimum atomic E-state index is 0.0237. The average molecular weight is 336 g/mol. The monoisotopic (exact) mass is 335 g/mol. The SMILES string of the molecule is Cc1ccc(C(=O)N(C)Cc2c(Br)cnn2C)c(C)c1. The van der Waals surface area contributed by atoms with Crippen LogP contribution in [0.3, 0.4) is 0 Å². The number of rotatable bonds is 3. The van der Waals surface area contributed by atoms with Gasteiger partial charge in [-0.2, -0.15) is 5.10 Å². The van der Waals surface area contributed by atoms with Crippen LogP contribution in [-0.4, -0.2) is 27.6 Å². The largest absolute Gasteiger partial charge is 0.336 e. The number of nitrogens with zero attached hydrogens (tertiary/aromatic N) is 3. The van der Waals surface area contributed by atoms with E-state index in [2.05, 4.69) is 21.0 Å². The van der Waals surface area contributed by atoms with Crippen LogP contribution in [0.5, 0.6) is 0 Å². The third-order valence-electron chi connectivity index (χ3n) is 3.36. The maximum Gasteiger partial charge on any atom is 0.254 e. The van der Waals surface area contributed by atoms with Crippen LogP contribution in [0.15, 0.2) is 28.9 Å². The third kappa shape index (κ3) is 2.93. The van der Waals surface area contributed by atoms with E-state index in [1.165, 1.54) is 0 Å². The summed E-state index contributed by atoms with van der Waals surface area (Å²) in [5.41, 5.74) is 3.89. The topological polar surface area (TPSA) is 38.1 Å². The lowest BCUT2D eigenvalue weighted by Gasteiger charge is -2.19. The Kier molecular flexibility index (Phi) is 4.28. The molecule has 0 spiro atoms. The Labute approximate surface area is 127 Å². The molecule has 0 unspecified atom stereocenters. The molecule has 0 aliphatic heterocycles. The third-order valence-corrected chi connectivity index (χ3v) is 4.02. The Morgan fingerprint density at radius 3 is 2.65 bits per heavy atom. The number of aromatic nitrogens is 2. The van der Waals surface area contributed by atoms with Crippen LogP contribution in [0.1, 0.15) is 27.2 Å². The van der Waals surface area contributed by atoms with E-state index in [0.29, 0.717) is 6.54 Å². The van der Waals surface area contributed by atoms with E-state index in [1.54, 1.807) is 22.8 Å². The van der Waals surface area contributed by atoms with Gasteiger partial charge >= 0.3 is 0 Å². The number of hydrogen-bond acceptors (Lipinski definition) is 2. The molecule has 20 heavy (non-hydrogen) atoms. The van der Waals surface area contributed by atoms with Crippen molar-refractivity contribution in [2.45, 2.75) is 20.4 Å². The predicted molar refractivity (Wildman–Crippen MR) is 82.6 cm³/mol. The number of benzene rings is 1. The molecule has 2 aromatic rings. The fourth-order valence-corrected chi connectivity index (χ4v) is 2.64. The summed E-state index contributed by atoms with van der Waals surface area (Å²) in [5.74, 6) is 0.0237. The van der Waals surface area contributed by atoms with E-state index in [0.717, 1.165) is 26.9 Å². The summed E-state index contributed by atoms with van der Waals surface area (Å²) in [6.45, 7) is 4.51. The van der Waals surface area contributed by atoms with Crippen molar-refractivity contribution < 1.29 is 4.79 Å². The quantitative estimate of drug-likeness (QED) is 0.864. The van der Waals surface area contributed by atoms with Crippen LogP contribution in [0, 0.1) is 13.8 Å². The van der Waals surface area contributed by atoms with Gasteiger partial charge in [-0.05, 0) is 41.4 Å². The van der Waals surface area contributed by atoms with Gasteiger partial charge in [0, 0.05) is 19.7 Å². The van der Waals surface area contributed by atoms with E-state index >= 15 is 0 Å². The molecular weight excluding hydrogens is 318 g/mol. The number of amides is 1. The van der Waals surface area contributed by atoms with Crippen molar-refractivity contribution in [3.63, 3.8) is 0 Å². The summed E-state index contributed by atoms with van der Waals surface area (Å²) in [6.07, 6.45) is 1.74. The molecule has 0 fully saturated rings. The lowest BCUT2D eigenvalue weighted by molar-refractivity contribution is 0.0781. The highest BCUT2D eigenvalue weighted by molar-refractivity contribution is 9.10. The first-order valence-corrected chi connectivity index (χ1v) is 7.18. The van der Waals surface area contributed by atoms with Crippen molar-refractivity contribution in [3.8, 4) is 0 Å². The Balaban J connectivity index is 2.21. The van der Waals surface area contributed by atoms with Gasteiger partial charge in [0.1, 0.15) is 0 Å². The molecule has 0 aliphatic carbocycles. The highest BCUT2D eigenvalue weighted by Crippen LogP contribution is 2.18. The second-order valence-corrected chi connectivity index (χ2v) is 5.90. The Bertz CT molecular complexity index is 629. The summed E-state index contributed by atoms with van der Waals surface area (Å²) >= 11 is 3.45. The fourth-order valence-electron chi connectivity index (χ4n) is 2.17. The summed E-state index contributed by atoms with van der Waals surface area (Å²) in [7, 11) is 3.68. The maximum atomic E-state index is 12.5. The normalized spacial score (nSPS) is 10.7. The first-order chi connectivity index (χ1) is 9.40. The lowest BCUT2D eigenvalue weighted by Crippen LogP contribution is -2.28. The van der Waals surface area contributed by atoms with Crippen molar-refractivity contribution in [2.24, 2.45) is 7.05 Å². The Hall–Kier alpha value is -1.62. The van der Waals surface area contributed by atoms with Crippen molar-refractivity contribution >= 4 is 21.8 Å². The van der Waals surface area contributed by atoms with Crippen LogP contribution < -0.4 is 0 Å². The van der Waals surface area contributed by atoms with Crippen molar-refractivity contribution in [1.29, 1.82) is 0 Å². The Morgan fingerprint density at radius 1 is 1.40 bits per heavy atom. The molecule has 1 heterocycles. The molecule has 0 N–H and O–H groups in total. The number of carbonyl (C=O) groups excluding carboxylic acids is 1. The standard InChI is InChI=1S/C15H18BrN3O/c1-10-5-6-12(11(2)7-10)15(20)18(3)9-14-13(16)8-17-19(14)4/h5-8H,9H2,1-4H3. The van der Waals surface area contributed by atoms with Gasteiger partial charge in [-0.25, -0.2) is 0 Å². The zero-order valence-electron chi connectivity index (χ0n) is 12.1. The van der Waals surface area contributed by atoms with E-state index in [-0.39, 0.29) is 5.91 Å². The Morgan fingerprint density at radius 2 is 2.10 bits per heavy atom. The average Bonchev–Trinajstić information content (AvgIpc) is 2.70. The van der Waals surface area contributed by atoms with Crippen molar-refractivity contribution in [3.05, 3.63) is 51.3 Å². The van der Waals surface area contributed by atoms with Gasteiger partial charge in [-0.15, -0.1) is 0 Å². The second-order valence-electron chi connectivity index (χ2n) is 5.04. The van der Waals surface area contributed by atoms with Gasteiger partial charge in [-0.3, -0.25) is 9.48 Å². The molecule has 0 aliphatic rings. The van der Waals surface area contributed by atoms with Gasteiger partial charge < -0.3 is 4.90 Å². The molecule has 4 nitrogen and oxygen atoms in total. The fraction of sp³-hybridized carbons (Fsp3) is 0.333. The zero-order valence-corrected chi connectivity index (χ0v) is 13.7. The second kappa shape index (κ2) is 5.79. The van der Waals surface area contributed by atoms with E-state index < -0.39 is 0 Å². The predicted octanol–water partition coefficient (Wildman–Crippen LogP) is 3.07. The molecule has 5 heteroatoms. The summed E-state index contributed by atoms with van der Waals surface area (Å²) in [5, 5.41) is 4.16. The first-order valence-electron chi connectivity index (χ1n) is 6.39. The molecular formula is C15H18BrN3O. The smallest absolute Gasteiger partial charge is 0.254 e. The van der Waals surface area contributed by atoms with Gasteiger partial charge in [0.25, 0.3) is 5.91 Å². The number of hydrogen-bond donors (Lipinski definition) is 0. The molecule has 1 amide bonds. The van der Waals surface area contributed by atoms with E-state index in [9.17, 15) is 4.79 Å². The van der Waals surface area contributed by atoms with Crippen molar-refractivity contribution in [2.75, 3.05) is 7.05 Å². The highest BCUT2D eigenvalue weighted by atomic mass is 79.9. The van der Waals surface area contributed by atoms with Crippen LogP contribution in [0.4, 0.5) is 0 Å². The van der Waals surface area contributed by atoms with Crippen LogP contribution in [0.25, 0.3) is 0 Å². The van der Waals surface area contributed by atoms with Crippen LogP contribution in [-0.2, 0) is 13.6 Å². The summed E-state index contributed by atoms with van der Waals surface area (Å²) < 4.78 is 2.69. The van der Waals surface area contributed by atoms with Gasteiger partial charge in [0.05, 0.1) is 22.9 Å². The van der Waals surface area contributed by atoms with Gasteiger partial charge in [0.2, 0.25) is 0 Å². The van der Waals surface area contributed by atoms with E-state index in [1.807, 2.05) is 39.1 Å². The highest BCUT2D eigenvalue weighted by Gasteiger charge is 2.17. The maximum absolute atomic E-state index is 12.5. The van der Waals surface area contributed by atoms with Gasteiger partial charge in [0.15, 0.2) is 0 Å². The molecule has 0 saturated heterocycles. The molecule has 0 bridgehead atoms. The number of carbonyl (C=O) groups is 1. The molecule has 2 rings (SSSR count). The van der Waals surface area contributed by atoms with E-state index in [4.69, 9.17) is 0 Å². The van der Waals surface area contributed by atoms with Crippen LogP contribution in [0.2, 0.25) is 0 Å². The number of aryl methyl sites for hydroxylation is 3. The molecule has 106 valence electrons. The zero-order chi connectivity index (χ0) is 14.9. The lowest BCUT2D eigenvalue weighted by atomic mass is 10.0. The molecule has 1 aromatic heterocycles. The minimum Gasteiger partial charge on any atom is -0.336 e. The van der Waals surface area contributed by atoms with Gasteiger partial charge in [-0.1, -0.05) is 17.7 Å². The van der Waals surface area contributed by atoms with Crippen molar-refractivity contribution in [1.82, 2.24) is 14.7 Å². The first kappa shape index (κ1) is 14.8. The molecule has 0 saturated carbocycles. The summed E-state index contributed by atoms with van der Waals surface area (Å²) in [6, 6.07) is 5.89. The summed E-state index contributed by atoms with van der Waals surface area (Å²) in [4.78, 5) is 14.2. The minimum absolute atomic E-state index is 0.0237. The number of halogens is 1. The van der Waals surface area contributed by atoms with Crippen LogP contribution >= 0.6 is 15.9 Å². The molecule has 0 atom stereocenters. The molecule has 1 aromatic carbocycles.